The number of nitrogens with zero attached hydrogens (tertiary/aromatic N) is 2. The minimum absolute atomic E-state index is 0.0629. The first-order valence-electron chi connectivity index (χ1n) is 12.0. The SMILES string of the molecule is CCOC(=O)Cc1csc(N/N=C2\CC(c3ccc(OC)cc3)NC(c3ccc(OC)cc3)C2C)n1. The lowest BCUT2D eigenvalue weighted by Gasteiger charge is -2.37. The van der Waals surface area contributed by atoms with Crippen LogP contribution in [-0.2, 0) is 16.0 Å². The number of rotatable bonds is 9. The molecule has 1 aromatic heterocycles. The van der Waals surface area contributed by atoms with Crippen LogP contribution in [0.2, 0.25) is 0 Å². The first kappa shape index (κ1) is 25.7. The molecule has 0 amide bonds. The Labute approximate surface area is 215 Å². The van der Waals surface area contributed by atoms with E-state index in [4.69, 9.17) is 19.3 Å². The highest BCUT2D eigenvalue weighted by Crippen LogP contribution is 2.36. The zero-order chi connectivity index (χ0) is 25.5. The topological polar surface area (TPSA) is 94.1 Å². The molecule has 0 spiro atoms. The van der Waals surface area contributed by atoms with Gasteiger partial charge < -0.3 is 19.5 Å². The van der Waals surface area contributed by atoms with Gasteiger partial charge in [-0.1, -0.05) is 31.2 Å². The van der Waals surface area contributed by atoms with Gasteiger partial charge >= 0.3 is 5.97 Å². The molecule has 0 saturated carbocycles. The number of hydrogen-bond donors (Lipinski definition) is 2. The van der Waals surface area contributed by atoms with E-state index in [0.717, 1.165) is 23.6 Å². The number of esters is 1. The molecule has 2 aromatic carbocycles. The van der Waals surface area contributed by atoms with Crippen LogP contribution in [0, 0.1) is 5.92 Å². The minimum atomic E-state index is -0.280. The van der Waals surface area contributed by atoms with E-state index in [9.17, 15) is 4.79 Å². The highest BCUT2D eigenvalue weighted by Gasteiger charge is 2.34. The first-order chi connectivity index (χ1) is 17.5. The van der Waals surface area contributed by atoms with Crippen LogP contribution in [0.5, 0.6) is 11.5 Å². The van der Waals surface area contributed by atoms with Crippen molar-refractivity contribution in [2.45, 2.75) is 38.8 Å². The normalized spacial score (nSPS) is 20.7. The van der Waals surface area contributed by atoms with Gasteiger partial charge in [-0.05, 0) is 42.3 Å². The summed E-state index contributed by atoms with van der Waals surface area (Å²) in [5, 5.41) is 11.1. The van der Waals surface area contributed by atoms with Crippen LogP contribution < -0.4 is 20.2 Å². The Morgan fingerprint density at radius 2 is 1.72 bits per heavy atom. The average molecular weight is 509 g/mol. The third-order valence-electron chi connectivity index (χ3n) is 6.29. The van der Waals surface area contributed by atoms with Gasteiger partial charge in [0.2, 0.25) is 5.13 Å². The molecule has 3 aromatic rings. The molecular weight excluding hydrogens is 476 g/mol. The maximum Gasteiger partial charge on any atom is 0.311 e. The van der Waals surface area contributed by atoms with Crippen molar-refractivity contribution in [3.63, 3.8) is 0 Å². The van der Waals surface area contributed by atoms with Gasteiger partial charge in [-0.25, -0.2) is 4.98 Å². The molecule has 8 nitrogen and oxygen atoms in total. The Kier molecular flexibility index (Phi) is 8.56. The molecule has 0 bridgehead atoms. The number of hydrazone groups is 1. The van der Waals surface area contributed by atoms with E-state index < -0.39 is 0 Å². The van der Waals surface area contributed by atoms with Crippen molar-refractivity contribution >= 4 is 28.1 Å². The summed E-state index contributed by atoms with van der Waals surface area (Å²) >= 11 is 1.42. The van der Waals surface area contributed by atoms with Crippen LogP contribution in [0.4, 0.5) is 5.13 Å². The fraction of sp³-hybridized carbons (Fsp3) is 0.370. The lowest BCUT2D eigenvalue weighted by molar-refractivity contribution is -0.142. The largest absolute Gasteiger partial charge is 0.497 e. The Hall–Kier alpha value is -3.43. The average Bonchev–Trinajstić information content (AvgIpc) is 3.35. The number of nitrogens with one attached hydrogen (secondary N) is 2. The highest BCUT2D eigenvalue weighted by atomic mass is 32.1. The number of methoxy groups -OCH3 is 2. The molecule has 0 aliphatic carbocycles. The number of carbonyl (C=O) groups excluding carboxylic acids is 1. The number of ether oxygens (including phenoxy) is 3. The summed E-state index contributed by atoms with van der Waals surface area (Å²) in [5.41, 5.74) is 7.17. The lowest BCUT2D eigenvalue weighted by atomic mass is 9.81. The highest BCUT2D eigenvalue weighted by molar-refractivity contribution is 7.13. The summed E-state index contributed by atoms with van der Waals surface area (Å²) in [6, 6.07) is 16.4. The Morgan fingerprint density at radius 1 is 1.08 bits per heavy atom. The Morgan fingerprint density at radius 3 is 2.33 bits per heavy atom. The van der Waals surface area contributed by atoms with E-state index in [1.54, 1.807) is 21.1 Å². The number of benzene rings is 2. The van der Waals surface area contributed by atoms with Gasteiger partial charge in [0.25, 0.3) is 0 Å². The van der Waals surface area contributed by atoms with Crippen molar-refractivity contribution < 1.29 is 19.0 Å². The molecule has 1 saturated heterocycles. The van der Waals surface area contributed by atoms with E-state index in [1.807, 2.05) is 29.6 Å². The van der Waals surface area contributed by atoms with Gasteiger partial charge in [0.1, 0.15) is 11.5 Å². The summed E-state index contributed by atoms with van der Waals surface area (Å²) < 4.78 is 15.7. The number of hydrogen-bond acceptors (Lipinski definition) is 9. The van der Waals surface area contributed by atoms with E-state index in [-0.39, 0.29) is 30.4 Å². The van der Waals surface area contributed by atoms with E-state index >= 15 is 0 Å². The number of piperidine rings is 1. The third-order valence-corrected chi connectivity index (χ3v) is 7.09. The standard InChI is InChI=1S/C27H32N4O4S/c1-5-35-25(32)14-20-16-36-27(28-20)31-30-23-15-24(18-6-10-21(33-3)11-7-18)29-26(17(23)2)19-8-12-22(34-4)13-9-19/h6-13,16-17,24,26,29H,5,14-15H2,1-4H3,(H,28,31)/b30-23+. The zero-order valence-corrected chi connectivity index (χ0v) is 21.8. The number of carbonyl (C=O) groups is 1. The van der Waals surface area contributed by atoms with Crippen LogP contribution in [0.3, 0.4) is 0 Å². The predicted molar refractivity (Wildman–Crippen MR) is 142 cm³/mol. The molecule has 3 atom stereocenters. The molecule has 9 heteroatoms. The van der Waals surface area contributed by atoms with Crippen molar-refractivity contribution in [3.05, 3.63) is 70.7 Å². The lowest BCUT2D eigenvalue weighted by Crippen LogP contribution is -2.41. The maximum absolute atomic E-state index is 11.8. The second kappa shape index (κ2) is 12.0. The van der Waals surface area contributed by atoms with Crippen molar-refractivity contribution in [2.24, 2.45) is 11.0 Å². The third kappa shape index (κ3) is 6.22. The van der Waals surface area contributed by atoms with E-state index in [2.05, 4.69) is 46.9 Å². The summed E-state index contributed by atoms with van der Waals surface area (Å²) in [5.74, 6) is 1.51. The van der Waals surface area contributed by atoms with Crippen LogP contribution in [0.15, 0.2) is 59.0 Å². The molecule has 36 heavy (non-hydrogen) atoms. The van der Waals surface area contributed by atoms with Crippen LogP contribution in [-0.4, -0.2) is 37.5 Å². The quantitative estimate of drug-likeness (QED) is 0.305. The molecule has 1 fully saturated rings. The first-order valence-corrected chi connectivity index (χ1v) is 12.8. The predicted octanol–water partition coefficient (Wildman–Crippen LogP) is 5.15. The second-order valence-electron chi connectivity index (χ2n) is 8.58. The molecule has 2 heterocycles. The smallest absolute Gasteiger partial charge is 0.311 e. The van der Waals surface area contributed by atoms with Crippen molar-refractivity contribution in [1.29, 1.82) is 0 Å². The summed E-state index contributed by atoms with van der Waals surface area (Å²) in [4.78, 5) is 16.3. The molecule has 1 aliphatic rings. The Bertz CT molecular complexity index is 1180. The van der Waals surface area contributed by atoms with Gasteiger partial charge in [0.05, 0.1) is 32.9 Å². The van der Waals surface area contributed by atoms with Crippen LogP contribution >= 0.6 is 11.3 Å². The van der Waals surface area contributed by atoms with Crippen molar-refractivity contribution in [1.82, 2.24) is 10.3 Å². The fourth-order valence-electron chi connectivity index (χ4n) is 4.32. The molecular formula is C27H32N4O4S. The molecule has 2 N–H and O–H groups in total. The second-order valence-corrected chi connectivity index (χ2v) is 9.43. The molecule has 190 valence electrons. The van der Waals surface area contributed by atoms with Gasteiger partial charge in [-0.3, -0.25) is 10.2 Å². The maximum atomic E-state index is 11.8. The van der Waals surface area contributed by atoms with E-state index in [1.165, 1.54) is 22.5 Å². The summed E-state index contributed by atoms with van der Waals surface area (Å²) in [7, 11) is 3.34. The van der Waals surface area contributed by atoms with Gasteiger partial charge in [0, 0.05) is 35.5 Å². The Balaban J connectivity index is 1.56. The molecule has 3 unspecified atom stereocenters. The minimum Gasteiger partial charge on any atom is -0.497 e. The molecule has 0 radical (unpaired) electrons. The number of aromatic nitrogens is 1. The van der Waals surface area contributed by atoms with Crippen LogP contribution in [0.1, 0.15) is 49.2 Å². The summed E-state index contributed by atoms with van der Waals surface area (Å²) in [6.45, 7) is 4.33. The van der Waals surface area contributed by atoms with Crippen molar-refractivity contribution in [2.75, 3.05) is 26.3 Å². The summed E-state index contributed by atoms with van der Waals surface area (Å²) in [6.07, 6.45) is 0.899. The number of anilines is 1. The monoisotopic (exact) mass is 508 g/mol. The molecule has 1 aliphatic heterocycles. The molecule has 4 rings (SSSR count). The van der Waals surface area contributed by atoms with Crippen molar-refractivity contribution in [3.8, 4) is 11.5 Å². The zero-order valence-electron chi connectivity index (χ0n) is 21.0. The van der Waals surface area contributed by atoms with Crippen LogP contribution in [0.25, 0.3) is 0 Å². The van der Waals surface area contributed by atoms with Gasteiger partial charge in [0.15, 0.2) is 0 Å². The fourth-order valence-corrected chi connectivity index (χ4v) is 4.97. The van der Waals surface area contributed by atoms with Gasteiger partial charge in [-0.15, -0.1) is 11.3 Å². The number of thiazole rings is 1. The van der Waals surface area contributed by atoms with E-state index in [0.29, 0.717) is 17.4 Å². The van der Waals surface area contributed by atoms with Gasteiger partial charge in [-0.2, -0.15) is 5.10 Å².